The summed E-state index contributed by atoms with van der Waals surface area (Å²) in [4.78, 5) is 4.41. The van der Waals surface area contributed by atoms with Crippen molar-refractivity contribution in [2.24, 2.45) is 10.4 Å². The van der Waals surface area contributed by atoms with Gasteiger partial charge >= 0.3 is 0 Å². The van der Waals surface area contributed by atoms with E-state index < -0.39 is 0 Å². The number of hydrogen-bond acceptors (Lipinski definition) is 3. The smallest absolute Gasteiger partial charge is 0.191 e. The average molecular weight is 501 g/mol. The van der Waals surface area contributed by atoms with E-state index in [1.165, 1.54) is 36.8 Å². The lowest BCUT2D eigenvalue weighted by molar-refractivity contribution is 0.105. The Kier molecular flexibility index (Phi) is 9.85. The number of benzene rings is 1. The summed E-state index contributed by atoms with van der Waals surface area (Å²) in [6.45, 7) is 6.42. The van der Waals surface area contributed by atoms with Crippen LogP contribution in [0.15, 0.2) is 23.2 Å². The van der Waals surface area contributed by atoms with Gasteiger partial charge in [0.2, 0.25) is 0 Å². The maximum atomic E-state index is 5.62. The van der Waals surface area contributed by atoms with Crippen molar-refractivity contribution in [1.82, 2.24) is 10.6 Å². The molecule has 1 saturated carbocycles. The Morgan fingerprint density at radius 2 is 2.07 bits per heavy atom. The predicted octanol–water partition coefficient (Wildman–Crippen LogP) is 3.93. The molecule has 158 valence electrons. The Morgan fingerprint density at radius 1 is 1.25 bits per heavy atom. The topological polar surface area (TPSA) is 54.9 Å². The zero-order valence-corrected chi connectivity index (χ0v) is 19.7. The van der Waals surface area contributed by atoms with E-state index in [1.807, 2.05) is 7.05 Å². The summed E-state index contributed by atoms with van der Waals surface area (Å²) in [6.07, 6.45) is 8.42. The second kappa shape index (κ2) is 11.9. The minimum absolute atomic E-state index is 0. The van der Waals surface area contributed by atoms with Gasteiger partial charge in [-0.25, -0.2) is 0 Å². The Bertz CT molecular complexity index is 630. The third-order valence-corrected chi connectivity index (χ3v) is 5.96. The number of nitrogens with one attached hydrogen (secondary N) is 2. The van der Waals surface area contributed by atoms with Gasteiger partial charge in [0.05, 0.1) is 6.61 Å². The summed E-state index contributed by atoms with van der Waals surface area (Å²) in [5.41, 5.74) is 3.06. The number of rotatable bonds is 9. The standard InChI is InChI=1S/C22H35N3O2.HI/c1-3-26-15-12-22(10-4-5-11-22)17-25-21(23-2)24-13-8-18-6-7-20-19(16-18)9-14-27-20;/h6-7,16H,3-5,8-15,17H2,1-2H3,(H2,23,24,25);1H. The van der Waals surface area contributed by atoms with Gasteiger partial charge in [-0.3, -0.25) is 4.99 Å². The van der Waals surface area contributed by atoms with Crippen LogP contribution < -0.4 is 15.4 Å². The quantitative estimate of drug-likeness (QED) is 0.233. The molecule has 5 nitrogen and oxygen atoms in total. The van der Waals surface area contributed by atoms with Crippen LogP contribution in [0, 0.1) is 5.41 Å². The summed E-state index contributed by atoms with van der Waals surface area (Å²) in [5, 5.41) is 7.04. The molecule has 1 aliphatic carbocycles. The lowest BCUT2D eigenvalue weighted by atomic mass is 9.83. The Labute approximate surface area is 187 Å². The number of nitrogens with zero attached hydrogens (tertiary/aromatic N) is 1. The van der Waals surface area contributed by atoms with E-state index in [0.717, 1.165) is 63.9 Å². The highest BCUT2D eigenvalue weighted by Gasteiger charge is 2.33. The molecule has 2 aliphatic rings. The number of fused-ring (bicyclic) bond motifs is 1. The summed E-state index contributed by atoms with van der Waals surface area (Å²) in [7, 11) is 1.85. The SMILES string of the molecule is CCOCCC1(CNC(=NC)NCCc2ccc3c(c2)CCO3)CCCC1.I. The van der Waals surface area contributed by atoms with Gasteiger partial charge in [-0.1, -0.05) is 25.0 Å². The van der Waals surface area contributed by atoms with Crippen LogP contribution in [-0.4, -0.2) is 45.9 Å². The molecule has 0 amide bonds. The first-order valence-corrected chi connectivity index (χ1v) is 10.5. The second-order valence-electron chi connectivity index (χ2n) is 7.80. The maximum Gasteiger partial charge on any atom is 0.191 e. The largest absolute Gasteiger partial charge is 0.493 e. The van der Waals surface area contributed by atoms with E-state index in [0.29, 0.717) is 5.41 Å². The Balaban J connectivity index is 0.00000280. The fourth-order valence-electron chi connectivity index (χ4n) is 4.29. The Morgan fingerprint density at radius 3 is 2.82 bits per heavy atom. The van der Waals surface area contributed by atoms with Crippen LogP contribution in [0.2, 0.25) is 0 Å². The fraction of sp³-hybridized carbons (Fsp3) is 0.682. The normalized spacial score (nSPS) is 17.6. The minimum atomic E-state index is 0. The highest BCUT2D eigenvalue weighted by Crippen LogP contribution is 2.40. The van der Waals surface area contributed by atoms with E-state index in [2.05, 4.69) is 40.7 Å². The van der Waals surface area contributed by atoms with Crippen LogP contribution in [0.4, 0.5) is 0 Å². The molecule has 1 aliphatic heterocycles. The number of halogens is 1. The van der Waals surface area contributed by atoms with Crippen molar-refractivity contribution >= 4 is 29.9 Å². The number of ether oxygens (including phenoxy) is 2. The van der Waals surface area contributed by atoms with Crippen LogP contribution >= 0.6 is 24.0 Å². The molecule has 1 heterocycles. The van der Waals surface area contributed by atoms with E-state index in [4.69, 9.17) is 9.47 Å². The van der Waals surface area contributed by atoms with Crippen LogP contribution in [0.5, 0.6) is 5.75 Å². The number of guanidine groups is 1. The van der Waals surface area contributed by atoms with Crippen LogP contribution in [-0.2, 0) is 17.6 Å². The molecule has 0 atom stereocenters. The molecule has 0 bridgehead atoms. The molecule has 1 aromatic carbocycles. The summed E-state index contributed by atoms with van der Waals surface area (Å²) >= 11 is 0. The van der Waals surface area contributed by atoms with Crippen molar-refractivity contribution in [2.75, 3.05) is 40.0 Å². The molecule has 0 saturated heterocycles. The van der Waals surface area contributed by atoms with Crippen LogP contribution in [0.25, 0.3) is 0 Å². The van der Waals surface area contributed by atoms with Gasteiger partial charge in [-0.2, -0.15) is 0 Å². The molecular weight excluding hydrogens is 465 g/mol. The third kappa shape index (κ3) is 6.51. The van der Waals surface area contributed by atoms with Crippen molar-refractivity contribution < 1.29 is 9.47 Å². The summed E-state index contributed by atoms with van der Waals surface area (Å²) < 4.78 is 11.2. The first-order valence-electron chi connectivity index (χ1n) is 10.5. The van der Waals surface area contributed by atoms with Gasteiger partial charge in [-0.15, -0.1) is 24.0 Å². The number of aliphatic imine (C=N–C) groups is 1. The molecule has 1 aromatic rings. The molecule has 0 unspecified atom stereocenters. The zero-order valence-electron chi connectivity index (χ0n) is 17.4. The van der Waals surface area contributed by atoms with Crippen LogP contribution in [0.1, 0.15) is 50.2 Å². The van der Waals surface area contributed by atoms with Gasteiger partial charge in [0, 0.05) is 39.8 Å². The van der Waals surface area contributed by atoms with Crippen molar-refractivity contribution in [1.29, 1.82) is 0 Å². The predicted molar refractivity (Wildman–Crippen MR) is 126 cm³/mol. The Hall–Kier alpha value is -1.02. The van der Waals surface area contributed by atoms with Crippen molar-refractivity contribution in [3.8, 4) is 5.75 Å². The highest BCUT2D eigenvalue weighted by atomic mass is 127. The van der Waals surface area contributed by atoms with E-state index in [-0.39, 0.29) is 24.0 Å². The molecule has 1 fully saturated rings. The van der Waals surface area contributed by atoms with Gasteiger partial charge in [0.25, 0.3) is 0 Å². The fourth-order valence-corrected chi connectivity index (χ4v) is 4.29. The average Bonchev–Trinajstić information content (AvgIpc) is 3.34. The van der Waals surface area contributed by atoms with Crippen LogP contribution in [0.3, 0.4) is 0 Å². The third-order valence-electron chi connectivity index (χ3n) is 5.96. The van der Waals surface area contributed by atoms with Gasteiger partial charge in [-0.05, 0) is 55.2 Å². The van der Waals surface area contributed by atoms with Gasteiger partial charge in [0.1, 0.15) is 5.75 Å². The number of hydrogen-bond donors (Lipinski definition) is 2. The van der Waals surface area contributed by atoms with Crippen molar-refractivity contribution in [2.45, 2.75) is 51.9 Å². The lowest BCUT2D eigenvalue weighted by Crippen LogP contribution is -2.44. The monoisotopic (exact) mass is 501 g/mol. The first-order chi connectivity index (χ1) is 13.2. The summed E-state index contributed by atoms with van der Waals surface area (Å²) in [5.74, 6) is 1.96. The van der Waals surface area contributed by atoms with Gasteiger partial charge in [0.15, 0.2) is 5.96 Å². The van der Waals surface area contributed by atoms with E-state index >= 15 is 0 Å². The second-order valence-corrected chi connectivity index (χ2v) is 7.80. The molecule has 0 spiro atoms. The maximum absolute atomic E-state index is 5.62. The van der Waals surface area contributed by atoms with E-state index in [9.17, 15) is 0 Å². The minimum Gasteiger partial charge on any atom is -0.493 e. The molecule has 0 aromatic heterocycles. The van der Waals surface area contributed by atoms with Crippen molar-refractivity contribution in [3.63, 3.8) is 0 Å². The molecular formula is C22H36IN3O2. The van der Waals surface area contributed by atoms with Gasteiger partial charge < -0.3 is 20.1 Å². The first kappa shape index (κ1) is 23.3. The molecule has 2 N–H and O–H groups in total. The summed E-state index contributed by atoms with van der Waals surface area (Å²) in [6, 6.07) is 6.55. The molecule has 3 rings (SSSR count). The molecule has 0 radical (unpaired) electrons. The molecule has 28 heavy (non-hydrogen) atoms. The highest BCUT2D eigenvalue weighted by molar-refractivity contribution is 14.0. The zero-order chi connectivity index (χ0) is 19.0. The lowest BCUT2D eigenvalue weighted by Gasteiger charge is -2.30. The van der Waals surface area contributed by atoms with E-state index in [1.54, 1.807) is 0 Å². The molecule has 6 heteroatoms. The van der Waals surface area contributed by atoms with Crippen molar-refractivity contribution in [3.05, 3.63) is 29.3 Å².